The number of aryl methyl sites for hydroxylation is 2. The minimum atomic E-state index is -0.463. The van der Waals surface area contributed by atoms with Gasteiger partial charge in [0.25, 0.3) is 11.5 Å². The smallest absolute Gasteiger partial charge is 0.294 e. The number of para-hydroxylation sites is 1. The van der Waals surface area contributed by atoms with Crippen LogP contribution in [0.4, 0.5) is 17.2 Å². The molecule has 8 nitrogen and oxygen atoms in total. The molecule has 3 rings (SSSR count). The Labute approximate surface area is 155 Å². The zero-order valence-electron chi connectivity index (χ0n) is 15.2. The van der Waals surface area contributed by atoms with E-state index in [1.807, 2.05) is 19.1 Å². The zero-order valence-corrected chi connectivity index (χ0v) is 15.2. The molecule has 0 spiro atoms. The molecular formula is C19H19N5O3. The predicted molar refractivity (Wildman–Crippen MR) is 102 cm³/mol. The first kappa shape index (κ1) is 18.1. The molecule has 0 aliphatic heterocycles. The Bertz CT molecular complexity index is 1050. The van der Waals surface area contributed by atoms with Gasteiger partial charge in [-0.2, -0.15) is 0 Å². The van der Waals surface area contributed by atoms with Gasteiger partial charge in [0.15, 0.2) is 11.5 Å². The topological polar surface area (TPSA) is 101 Å². The number of rotatable bonds is 5. The molecule has 1 amide bonds. The molecule has 0 atom stereocenters. The standard InChI is InChI=1S/C19H19N5O3/c1-12-8-10-13(11-9-12)18(25)20-17-16(19(26)23-24(17)2)22-21-14-6-4-5-7-15(14)27-3/h4-11H,1-3H3,(H,20,25)(H,23,26). The number of azo groups is 1. The fraction of sp³-hybridized carbons (Fsp3) is 0.158. The SMILES string of the molecule is COc1ccccc1N=Nc1c(NC(=O)c2ccc(C)cc2)n(C)[nH]c1=O. The van der Waals surface area contributed by atoms with Crippen molar-refractivity contribution in [2.24, 2.45) is 17.3 Å². The number of ether oxygens (including phenoxy) is 1. The number of benzene rings is 2. The van der Waals surface area contributed by atoms with Crippen LogP contribution in [-0.4, -0.2) is 22.8 Å². The number of aromatic nitrogens is 2. The number of carbonyl (C=O) groups excluding carboxylic acids is 1. The summed E-state index contributed by atoms with van der Waals surface area (Å²) in [5, 5.41) is 13.4. The minimum absolute atomic E-state index is 0.00358. The summed E-state index contributed by atoms with van der Waals surface area (Å²) in [6.45, 7) is 1.94. The second kappa shape index (κ2) is 7.69. The van der Waals surface area contributed by atoms with E-state index in [2.05, 4.69) is 20.6 Å². The Morgan fingerprint density at radius 2 is 1.81 bits per heavy atom. The Balaban J connectivity index is 1.91. The lowest BCUT2D eigenvalue weighted by atomic mass is 10.1. The monoisotopic (exact) mass is 365 g/mol. The third-order valence-electron chi connectivity index (χ3n) is 3.93. The van der Waals surface area contributed by atoms with E-state index in [0.29, 0.717) is 17.0 Å². The van der Waals surface area contributed by atoms with Crippen LogP contribution in [0.1, 0.15) is 15.9 Å². The highest BCUT2D eigenvalue weighted by atomic mass is 16.5. The first-order valence-electron chi connectivity index (χ1n) is 8.21. The Morgan fingerprint density at radius 3 is 2.52 bits per heavy atom. The van der Waals surface area contributed by atoms with Crippen molar-refractivity contribution in [2.75, 3.05) is 12.4 Å². The van der Waals surface area contributed by atoms with Crippen LogP contribution in [0.2, 0.25) is 0 Å². The number of nitrogens with zero attached hydrogens (tertiary/aromatic N) is 3. The average molecular weight is 365 g/mol. The van der Waals surface area contributed by atoms with Gasteiger partial charge in [0.1, 0.15) is 11.4 Å². The van der Waals surface area contributed by atoms with Gasteiger partial charge in [-0.1, -0.05) is 29.8 Å². The Kier molecular flexibility index (Phi) is 5.16. The molecule has 0 unspecified atom stereocenters. The third-order valence-corrected chi connectivity index (χ3v) is 3.93. The number of hydrogen-bond acceptors (Lipinski definition) is 5. The van der Waals surface area contributed by atoms with Gasteiger partial charge < -0.3 is 10.1 Å². The maximum atomic E-state index is 12.5. The van der Waals surface area contributed by atoms with Crippen molar-refractivity contribution >= 4 is 23.1 Å². The fourth-order valence-electron chi connectivity index (χ4n) is 2.46. The molecule has 138 valence electrons. The van der Waals surface area contributed by atoms with E-state index in [9.17, 15) is 9.59 Å². The van der Waals surface area contributed by atoms with Gasteiger partial charge in [-0.25, -0.2) is 0 Å². The van der Waals surface area contributed by atoms with Gasteiger partial charge in [-0.3, -0.25) is 19.4 Å². The largest absolute Gasteiger partial charge is 0.494 e. The fourth-order valence-corrected chi connectivity index (χ4v) is 2.46. The number of hydrogen-bond donors (Lipinski definition) is 2. The highest BCUT2D eigenvalue weighted by Gasteiger charge is 2.16. The van der Waals surface area contributed by atoms with Crippen LogP contribution in [0, 0.1) is 6.92 Å². The second-order valence-electron chi connectivity index (χ2n) is 5.89. The Hall–Kier alpha value is -3.68. The van der Waals surface area contributed by atoms with Gasteiger partial charge >= 0.3 is 0 Å². The molecule has 1 aromatic heterocycles. The molecule has 0 radical (unpaired) electrons. The van der Waals surface area contributed by atoms with Crippen molar-refractivity contribution in [2.45, 2.75) is 6.92 Å². The van der Waals surface area contributed by atoms with E-state index in [-0.39, 0.29) is 17.4 Å². The lowest BCUT2D eigenvalue weighted by molar-refractivity contribution is 0.102. The van der Waals surface area contributed by atoms with Crippen LogP contribution in [0.3, 0.4) is 0 Å². The van der Waals surface area contributed by atoms with Crippen molar-refractivity contribution in [3.05, 3.63) is 70.0 Å². The van der Waals surface area contributed by atoms with Crippen LogP contribution in [0.25, 0.3) is 0 Å². The maximum Gasteiger partial charge on any atom is 0.294 e. The van der Waals surface area contributed by atoms with Gasteiger partial charge in [0.2, 0.25) is 0 Å². The minimum Gasteiger partial charge on any atom is -0.494 e. The highest BCUT2D eigenvalue weighted by Crippen LogP contribution is 2.29. The van der Waals surface area contributed by atoms with E-state index in [0.717, 1.165) is 5.56 Å². The summed E-state index contributed by atoms with van der Waals surface area (Å²) in [6, 6.07) is 14.2. The number of methoxy groups -OCH3 is 1. The molecule has 3 aromatic rings. The summed E-state index contributed by atoms with van der Waals surface area (Å²) >= 11 is 0. The molecule has 1 heterocycles. The van der Waals surface area contributed by atoms with Crippen molar-refractivity contribution in [3.8, 4) is 5.75 Å². The van der Waals surface area contributed by atoms with E-state index in [1.54, 1.807) is 43.4 Å². The van der Waals surface area contributed by atoms with E-state index < -0.39 is 5.56 Å². The molecule has 0 saturated heterocycles. The van der Waals surface area contributed by atoms with E-state index >= 15 is 0 Å². The van der Waals surface area contributed by atoms with Crippen LogP contribution in [0.5, 0.6) is 5.75 Å². The van der Waals surface area contributed by atoms with Crippen molar-refractivity contribution < 1.29 is 9.53 Å². The summed E-state index contributed by atoms with van der Waals surface area (Å²) in [5.41, 5.74) is 1.53. The number of amides is 1. The van der Waals surface area contributed by atoms with Crippen molar-refractivity contribution in [3.63, 3.8) is 0 Å². The van der Waals surface area contributed by atoms with Crippen molar-refractivity contribution in [1.82, 2.24) is 9.78 Å². The average Bonchev–Trinajstić information content (AvgIpc) is 2.93. The van der Waals surface area contributed by atoms with Gasteiger partial charge in [0, 0.05) is 12.6 Å². The summed E-state index contributed by atoms with van der Waals surface area (Å²) in [7, 11) is 3.13. The molecule has 27 heavy (non-hydrogen) atoms. The third kappa shape index (κ3) is 3.95. The number of aromatic amines is 1. The summed E-state index contributed by atoms with van der Waals surface area (Å²) < 4.78 is 6.61. The first-order chi connectivity index (χ1) is 13.0. The maximum absolute atomic E-state index is 12.5. The summed E-state index contributed by atoms with van der Waals surface area (Å²) in [6.07, 6.45) is 0. The molecule has 2 aromatic carbocycles. The van der Waals surface area contributed by atoms with Gasteiger partial charge in [-0.05, 0) is 31.2 Å². The molecule has 0 aliphatic carbocycles. The molecule has 2 N–H and O–H groups in total. The summed E-state index contributed by atoms with van der Waals surface area (Å²) in [4.78, 5) is 24.7. The zero-order chi connectivity index (χ0) is 19.4. The van der Waals surface area contributed by atoms with E-state index in [4.69, 9.17) is 4.74 Å². The van der Waals surface area contributed by atoms with Crippen LogP contribution >= 0.6 is 0 Å². The highest BCUT2D eigenvalue weighted by molar-refractivity contribution is 6.05. The molecule has 0 saturated carbocycles. The van der Waals surface area contributed by atoms with Crippen LogP contribution in [-0.2, 0) is 7.05 Å². The summed E-state index contributed by atoms with van der Waals surface area (Å²) in [5.74, 6) is 0.404. The van der Waals surface area contributed by atoms with Gasteiger partial charge in [0.05, 0.1) is 7.11 Å². The lowest BCUT2D eigenvalue weighted by Gasteiger charge is -2.07. The number of nitrogens with one attached hydrogen (secondary N) is 2. The van der Waals surface area contributed by atoms with Crippen LogP contribution in [0.15, 0.2) is 63.6 Å². The molecule has 0 bridgehead atoms. The molecule has 0 aliphatic rings. The predicted octanol–water partition coefficient (Wildman–Crippen LogP) is 3.70. The number of H-pyrrole nitrogens is 1. The number of carbonyl (C=O) groups is 1. The molecule has 8 heteroatoms. The lowest BCUT2D eigenvalue weighted by Crippen LogP contribution is -2.14. The quantitative estimate of drug-likeness (QED) is 0.674. The normalized spacial score (nSPS) is 10.9. The van der Waals surface area contributed by atoms with Crippen molar-refractivity contribution in [1.29, 1.82) is 0 Å². The molecule has 0 fully saturated rings. The second-order valence-corrected chi connectivity index (χ2v) is 5.89. The van der Waals surface area contributed by atoms with E-state index in [1.165, 1.54) is 11.8 Å². The number of anilines is 1. The van der Waals surface area contributed by atoms with Crippen LogP contribution < -0.4 is 15.6 Å². The van der Waals surface area contributed by atoms with Gasteiger partial charge in [-0.15, -0.1) is 10.2 Å². The molecular weight excluding hydrogens is 346 g/mol. The first-order valence-corrected chi connectivity index (χ1v) is 8.21. The Morgan fingerprint density at radius 1 is 1.11 bits per heavy atom.